The van der Waals surface area contributed by atoms with Crippen molar-refractivity contribution in [1.82, 2.24) is 14.9 Å². The predicted molar refractivity (Wildman–Crippen MR) is 78.9 cm³/mol. The Kier molecular flexibility index (Phi) is 4.23. The SMILES string of the molecule is O=C(NC1CCCCCCC1)c1cn2c(n1)NCCC2. The maximum atomic E-state index is 12.3. The molecule has 5 nitrogen and oxygen atoms in total. The molecule has 0 radical (unpaired) electrons. The number of carbonyl (C=O) groups excluding carboxylic acids is 1. The van der Waals surface area contributed by atoms with E-state index in [4.69, 9.17) is 0 Å². The molecule has 0 bridgehead atoms. The maximum absolute atomic E-state index is 12.3. The summed E-state index contributed by atoms with van der Waals surface area (Å²) in [5, 5.41) is 6.40. The Balaban J connectivity index is 1.61. The van der Waals surface area contributed by atoms with Gasteiger partial charge in [-0.15, -0.1) is 0 Å². The van der Waals surface area contributed by atoms with E-state index in [0.717, 1.165) is 38.3 Å². The second-order valence-electron chi connectivity index (χ2n) is 5.94. The molecule has 0 unspecified atom stereocenters. The Bertz CT molecular complexity index is 437. The Morgan fingerprint density at radius 3 is 2.70 bits per heavy atom. The molecule has 2 aliphatic rings. The number of hydrogen-bond donors (Lipinski definition) is 2. The predicted octanol–water partition coefficient (Wildman–Crippen LogP) is 2.54. The van der Waals surface area contributed by atoms with Crippen molar-refractivity contribution in [2.75, 3.05) is 11.9 Å². The minimum atomic E-state index is -0.0146. The number of aromatic nitrogens is 2. The molecule has 2 heterocycles. The number of carbonyl (C=O) groups is 1. The second kappa shape index (κ2) is 6.29. The first-order chi connectivity index (χ1) is 9.83. The van der Waals surface area contributed by atoms with Crippen LogP contribution in [0, 0.1) is 0 Å². The molecule has 0 saturated heterocycles. The Hall–Kier alpha value is -1.52. The van der Waals surface area contributed by atoms with Crippen LogP contribution in [0.25, 0.3) is 0 Å². The molecule has 1 amide bonds. The molecule has 5 heteroatoms. The molecule has 20 heavy (non-hydrogen) atoms. The lowest BCUT2D eigenvalue weighted by molar-refractivity contribution is 0.0926. The molecule has 2 N–H and O–H groups in total. The molecule has 1 aromatic heterocycles. The fourth-order valence-electron chi connectivity index (χ4n) is 3.15. The summed E-state index contributed by atoms with van der Waals surface area (Å²) >= 11 is 0. The highest BCUT2D eigenvalue weighted by Crippen LogP contribution is 2.18. The molecular weight excluding hydrogens is 252 g/mol. The van der Waals surface area contributed by atoms with E-state index in [1.165, 1.54) is 32.1 Å². The van der Waals surface area contributed by atoms with Crippen molar-refractivity contribution in [3.63, 3.8) is 0 Å². The lowest BCUT2D eigenvalue weighted by Gasteiger charge is -2.20. The average Bonchev–Trinajstić information content (AvgIpc) is 2.85. The zero-order valence-electron chi connectivity index (χ0n) is 12.0. The highest BCUT2D eigenvalue weighted by atomic mass is 16.2. The van der Waals surface area contributed by atoms with Gasteiger partial charge in [0, 0.05) is 25.3 Å². The second-order valence-corrected chi connectivity index (χ2v) is 5.94. The summed E-state index contributed by atoms with van der Waals surface area (Å²) in [5.74, 6) is 0.818. The normalized spacial score (nSPS) is 20.4. The molecule has 1 aliphatic carbocycles. The van der Waals surface area contributed by atoms with Gasteiger partial charge in [0.05, 0.1) is 0 Å². The fraction of sp³-hybridized carbons (Fsp3) is 0.733. The first kappa shape index (κ1) is 13.5. The van der Waals surface area contributed by atoms with Gasteiger partial charge in [-0.25, -0.2) is 4.98 Å². The lowest BCUT2D eigenvalue weighted by atomic mass is 9.97. The minimum Gasteiger partial charge on any atom is -0.356 e. The number of hydrogen-bond acceptors (Lipinski definition) is 3. The monoisotopic (exact) mass is 276 g/mol. The number of nitrogens with zero attached hydrogens (tertiary/aromatic N) is 2. The molecule has 1 aliphatic heterocycles. The molecule has 1 saturated carbocycles. The summed E-state index contributed by atoms with van der Waals surface area (Å²) in [4.78, 5) is 16.7. The van der Waals surface area contributed by atoms with Gasteiger partial charge in [0.1, 0.15) is 5.69 Å². The Labute approximate surface area is 120 Å². The van der Waals surface area contributed by atoms with Crippen molar-refractivity contribution in [2.45, 2.75) is 64.0 Å². The van der Waals surface area contributed by atoms with Crippen molar-refractivity contribution in [3.8, 4) is 0 Å². The number of amides is 1. The fourth-order valence-corrected chi connectivity index (χ4v) is 3.15. The number of fused-ring (bicyclic) bond motifs is 1. The molecular formula is C15H24N4O. The minimum absolute atomic E-state index is 0.0146. The summed E-state index contributed by atoms with van der Waals surface area (Å²) in [7, 11) is 0. The van der Waals surface area contributed by atoms with Gasteiger partial charge in [0.25, 0.3) is 5.91 Å². The molecule has 3 rings (SSSR count). The van der Waals surface area contributed by atoms with E-state index < -0.39 is 0 Å². The van der Waals surface area contributed by atoms with Crippen molar-refractivity contribution >= 4 is 11.9 Å². The van der Waals surface area contributed by atoms with Gasteiger partial charge >= 0.3 is 0 Å². The van der Waals surface area contributed by atoms with Gasteiger partial charge in [-0.1, -0.05) is 32.1 Å². The van der Waals surface area contributed by atoms with Gasteiger partial charge in [-0.3, -0.25) is 4.79 Å². The molecule has 1 fully saturated rings. The highest BCUT2D eigenvalue weighted by Gasteiger charge is 2.19. The van der Waals surface area contributed by atoms with Crippen molar-refractivity contribution in [1.29, 1.82) is 0 Å². The van der Waals surface area contributed by atoms with E-state index in [2.05, 4.69) is 15.6 Å². The smallest absolute Gasteiger partial charge is 0.271 e. The van der Waals surface area contributed by atoms with Crippen LogP contribution in [0.3, 0.4) is 0 Å². The van der Waals surface area contributed by atoms with Crippen molar-refractivity contribution in [2.24, 2.45) is 0 Å². The van der Waals surface area contributed by atoms with Crippen LogP contribution >= 0.6 is 0 Å². The van der Waals surface area contributed by atoms with Crippen LogP contribution in [-0.4, -0.2) is 28.0 Å². The summed E-state index contributed by atoms with van der Waals surface area (Å²) in [6.45, 7) is 1.90. The van der Waals surface area contributed by atoms with E-state index in [-0.39, 0.29) is 5.91 Å². The van der Waals surface area contributed by atoms with E-state index in [1.807, 2.05) is 10.8 Å². The molecule has 0 spiro atoms. The topological polar surface area (TPSA) is 59.0 Å². The number of imidazole rings is 1. The third-order valence-corrected chi connectivity index (χ3v) is 4.31. The summed E-state index contributed by atoms with van der Waals surface area (Å²) in [6.07, 6.45) is 11.6. The Morgan fingerprint density at radius 2 is 1.95 bits per heavy atom. The number of nitrogens with one attached hydrogen (secondary N) is 2. The van der Waals surface area contributed by atoms with Gasteiger partial charge < -0.3 is 15.2 Å². The number of rotatable bonds is 2. The molecule has 110 valence electrons. The van der Waals surface area contributed by atoms with Crippen LogP contribution in [-0.2, 0) is 6.54 Å². The van der Waals surface area contributed by atoms with Crippen LogP contribution in [0.4, 0.5) is 5.95 Å². The largest absolute Gasteiger partial charge is 0.356 e. The summed E-state index contributed by atoms with van der Waals surface area (Å²) in [6, 6.07) is 0.328. The number of anilines is 1. The van der Waals surface area contributed by atoms with Gasteiger partial charge in [0.2, 0.25) is 5.95 Å². The van der Waals surface area contributed by atoms with Gasteiger partial charge in [-0.2, -0.15) is 0 Å². The van der Waals surface area contributed by atoms with Crippen LogP contribution < -0.4 is 10.6 Å². The summed E-state index contributed by atoms with van der Waals surface area (Å²) < 4.78 is 2.04. The van der Waals surface area contributed by atoms with E-state index in [9.17, 15) is 4.79 Å². The zero-order valence-corrected chi connectivity index (χ0v) is 12.0. The third kappa shape index (κ3) is 3.14. The van der Waals surface area contributed by atoms with Gasteiger partial charge in [0.15, 0.2) is 0 Å². The zero-order chi connectivity index (χ0) is 13.8. The van der Waals surface area contributed by atoms with Crippen molar-refractivity contribution < 1.29 is 4.79 Å². The lowest BCUT2D eigenvalue weighted by Crippen LogP contribution is -2.35. The van der Waals surface area contributed by atoms with Crippen LogP contribution in [0.15, 0.2) is 6.20 Å². The average molecular weight is 276 g/mol. The molecule has 1 aromatic rings. The number of aryl methyl sites for hydroxylation is 1. The van der Waals surface area contributed by atoms with Crippen LogP contribution in [0.1, 0.15) is 61.9 Å². The van der Waals surface area contributed by atoms with E-state index in [0.29, 0.717) is 11.7 Å². The molecule has 0 aromatic carbocycles. The summed E-state index contributed by atoms with van der Waals surface area (Å²) in [5.41, 5.74) is 0.552. The molecule has 0 atom stereocenters. The Morgan fingerprint density at radius 1 is 1.20 bits per heavy atom. The van der Waals surface area contributed by atoms with E-state index in [1.54, 1.807) is 0 Å². The van der Waals surface area contributed by atoms with Gasteiger partial charge in [-0.05, 0) is 19.3 Å². The quantitative estimate of drug-likeness (QED) is 0.872. The standard InChI is InChI=1S/C15H24N4O/c20-14(17-12-7-4-2-1-3-5-8-12)13-11-19-10-6-9-16-15(19)18-13/h11-12H,1-10H2,(H,16,18)(H,17,20). The van der Waals surface area contributed by atoms with Crippen LogP contribution in [0.2, 0.25) is 0 Å². The highest BCUT2D eigenvalue weighted by molar-refractivity contribution is 5.92. The van der Waals surface area contributed by atoms with E-state index >= 15 is 0 Å². The first-order valence-corrected chi connectivity index (χ1v) is 7.95. The third-order valence-electron chi connectivity index (χ3n) is 4.31. The van der Waals surface area contributed by atoms with Crippen LogP contribution in [0.5, 0.6) is 0 Å². The van der Waals surface area contributed by atoms with Crippen molar-refractivity contribution in [3.05, 3.63) is 11.9 Å². The first-order valence-electron chi connectivity index (χ1n) is 7.95. The maximum Gasteiger partial charge on any atom is 0.271 e.